The van der Waals surface area contributed by atoms with Crippen LogP contribution in [-0.2, 0) is 23.9 Å². The molecule has 1 N–H and O–H groups in total. The molecule has 2 saturated heterocycles. The summed E-state index contributed by atoms with van der Waals surface area (Å²) in [6.45, 7) is 8.05. The van der Waals surface area contributed by atoms with Crippen LogP contribution in [0.2, 0.25) is 0 Å². The number of anilines is 1. The van der Waals surface area contributed by atoms with Crippen LogP contribution in [0.15, 0.2) is 18.2 Å². The van der Waals surface area contributed by atoms with Gasteiger partial charge in [0.25, 0.3) is 5.91 Å². The van der Waals surface area contributed by atoms with Crippen molar-refractivity contribution in [2.75, 3.05) is 29.9 Å². The van der Waals surface area contributed by atoms with E-state index in [1.807, 2.05) is 27.7 Å². The molecular formula is C21H29BN2O6S. The fourth-order valence-electron chi connectivity index (χ4n) is 3.68. The highest BCUT2D eigenvalue weighted by Gasteiger charge is 2.52. The summed E-state index contributed by atoms with van der Waals surface area (Å²) in [4.78, 5) is 27.1. The molecule has 0 spiro atoms. The molecule has 3 fully saturated rings. The molecule has 8 nitrogen and oxygen atoms in total. The second-order valence-electron chi connectivity index (χ2n) is 9.60. The molecule has 0 atom stereocenters. The van der Waals surface area contributed by atoms with E-state index in [-0.39, 0.29) is 42.3 Å². The lowest BCUT2D eigenvalue weighted by Crippen LogP contribution is -2.47. The third-order valence-corrected chi connectivity index (χ3v) is 8.25. The SMILES string of the molecule is CC1(C)OB(c2cc(NC(=O)C3CC3)ccc2C(=O)N2CCS(=O)(=O)CC2)OC1(C)C. The molecule has 1 aromatic rings. The summed E-state index contributed by atoms with van der Waals surface area (Å²) >= 11 is 0. The van der Waals surface area contributed by atoms with Crippen LogP contribution in [0, 0.1) is 5.92 Å². The highest BCUT2D eigenvalue weighted by Crippen LogP contribution is 2.37. The normalized spacial score (nSPS) is 24.1. The third-order valence-electron chi connectivity index (χ3n) is 6.64. The molecule has 3 aliphatic rings. The van der Waals surface area contributed by atoms with Crippen molar-refractivity contribution in [2.24, 2.45) is 5.92 Å². The van der Waals surface area contributed by atoms with E-state index in [1.54, 1.807) is 23.1 Å². The van der Waals surface area contributed by atoms with Gasteiger partial charge in [-0.05, 0) is 64.2 Å². The predicted octanol–water partition coefficient (Wildman–Crippen LogP) is 1.20. The molecule has 0 radical (unpaired) electrons. The number of hydrogen-bond acceptors (Lipinski definition) is 6. The maximum absolute atomic E-state index is 13.3. The Balaban J connectivity index is 1.65. The Morgan fingerprint density at radius 1 is 1.06 bits per heavy atom. The first-order chi connectivity index (χ1) is 14.4. The second kappa shape index (κ2) is 7.60. The maximum atomic E-state index is 13.3. The summed E-state index contributed by atoms with van der Waals surface area (Å²) in [6.07, 6.45) is 1.79. The van der Waals surface area contributed by atoms with Crippen molar-refractivity contribution in [3.63, 3.8) is 0 Å². The second-order valence-corrected chi connectivity index (χ2v) is 11.9. The van der Waals surface area contributed by atoms with Crippen molar-refractivity contribution < 1.29 is 27.3 Å². The number of rotatable bonds is 4. The lowest BCUT2D eigenvalue weighted by molar-refractivity contribution is -0.117. The summed E-state index contributed by atoms with van der Waals surface area (Å²) in [5, 5.41) is 2.91. The molecule has 2 heterocycles. The van der Waals surface area contributed by atoms with Crippen molar-refractivity contribution in [2.45, 2.75) is 51.7 Å². The van der Waals surface area contributed by atoms with Gasteiger partial charge in [0.05, 0.1) is 22.7 Å². The summed E-state index contributed by atoms with van der Waals surface area (Å²) < 4.78 is 35.9. The summed E-state index contributed by atoms with van der Waals surface area (Å²) in [7, 11) is -3.88. The largest absolute Gasteiger partial charge is 0.495 e. The number of hydrogen-bond donors (Lipinski definition) is 1. The Kier molecular flexibility index (Phi) is 5.47. The van der Waals surface area contributed by atoms with Crippen molar-refractivity contribution in [3.8, 4) is 0 Å². The van der Waals surface area contributed by atoms with Gasteiger partial charge in [0.2, 0.25) is 5.91 Å². The zero-order valence-electron chi connectivity index (χ0n) is 18.4. The van der Waals surface area contributed by atoms with E-state index in [9.17, 15) is 18.0 Å². The lowest BCUT2D eigenvalue weighted by Gasteiger charge is -2.32. The van der Waals surface area contributed by atoms with Crippen LogP contribution >= 0.6 is 0 Å². The fraction of sp³-hybridized carbons (Fsp3) is 0.619. The number of carbonyl (C=O) groups is 2. The highest BCUT2D eigenvalue weighted by molar-refractivity contribution is 7.91. The number of sulfone groups is 1. The van der Waals surface area contributed by atoms with Gasteiger partial charge in [-0.3, -0.25) is 9.59 Å². The number of amides is 2. The van der Waals surface area contributed by atoms with E-state index in [4.69, 9.17) is 9.31 Å². The minimum Gasteiger partial charge on any atom is -0.399 e. The van der Waals surface area contributed by atoms with E-state index < -0.39 is 28.2 Å². The van der Waals surface area contributed by atoms with E-state index in [0.717, 1.165) is 12.8 Å². The first-order valence-corrected chi connectivity index (χ1v) is 12.5. The summed E-state index contributed by atoms with van der Waals surface area (Å²) in [5.74, 6) is -0.322. The molecule has 10 heteroatoms. The Morgan fingerprint density at radius 3 is 2.19 bits per heavy atom. The van der Waals surface area contributed by atoms with Gasteiger partial charge >= 0.3 is 7.12 Å². The number of carbonyl (C=O) groups excluding carboxylic acids is 2. The minimum absolute atomic E-state index is 0.0276. The maximum Gasteiger partial charge on any atom is 0.495 e. The van der Waals surface area contributed by atoms with Crippen molar-refractivity contribution in [1.29, 1.82) is 0 Å². The molecule has 31 heavy (non-hydrogen) atoms. The van der Waals surface area contributed by atoms with Gasteiger partial charge < -0.3 is 19.5 Å². The minimum atomic E-state index is -3.10. The first kappa shape index (κ1) is 22.3. The lowest BCUT2D eigenvalue weighted by atomic mass is 9.75. The number of benzene rings is 1. The van der Waals surface area contributed by atoms with Crippen LogP contribution in [0.4, 0.5) is 5.69 Å². The molecule has 1 aromatic carbocycles. The van der Waals surface area contributed by atoms with Gasteiger partial charge in [-0.2, -0.15) is 0 Å². The van der Waals surface area contributed by atoms with Crippen LogP contribution in [0.1, 0.15) is 50.9 Å². The van der Waals surface area contributed by atoms with E-state index in [1.165, 1.54) is 0 Å². The van der Waals surface area contributed by atoms with E-state index >= 15 is 0 Å². The fourth-order valence-corrected chi connectivity index (χ4v) is 4.88. The zero-order chi connectivity index (χ0) is 22.6. The van der Waals surface area contributed by atoms with Crippen LogP contribution in [0.3, 0.4) is 0 Å². The molecule has 1 saturated carbocycles. The smallest absolute Gasteiger partial charge is 0.399 e. The van der Waals surface area contributed by atoms with Gasteiger partial charge in [0.1, 0.15) is 0 Å². The van der Waals surface area contributed by atoms with Gasteiger partial charge in [-0.25, -0.2) is 8.42 Å². The summed E-state index contributed by atoms with van der Waals surface area (Å²) in [6, 6.07) is 5.09. The van der Waals surface area contributed by atoms with Gasteiger partial charge in [-0.1, -0.05) is 0 Å². The van der Waals surface area contributed by atoms with Crippen LogP contribution in [0.25, 0.3) is 0 Å². The van der Waals surface area contributed by atoms with E-state index in [0.29, 0.717) is 16.7 Å². The van der Waals surface area contributed by atoms with Crippen LogP contribution < -0.4 is 10.8 Å². The zero-order valence-corrected chi connectivity index (χ0v) is 19.3. The third kappa shape index (κ3) is 4.51. The standard InChI is InChI=1S/C21H29BN2O6S/c1-20(2)21(3,4)30-22(29-20)17-13-15(23-18(25)14-5-6-14)7-8-16(17)19(26)24-9-11-31(27,28)12-10-24/h7-8,13-14H,5-6,9-12H2,1-4H3,(H,23,25). The molecule has 0 bridgehead atoms. The Hall–Kier alpha value is -1.91. The average Bonchev–Trinajstić information content (AvgIpc) is 3.48. The molecule has 0 unspecified atom stereocenters. The van der Waals surface area contributed by atoms with Gasteiger partial charge in [0.15, 0.2) is 9.84 Å². The highest BCUT2D eigenvalue weighted by atomic mass is 32.2. The number of nitrogens with zero attached hydrogens (tertiary/aromatic N) is 1. The monoisotopic (exact) mass is 448 g/mol. The van der Waals surface area contributed by atoms with Crippen molar-refractivity contribution >= 4 is 39.9 Å². The Morgan fingerprint density at radius 2 is 1.65 bits per heavy atom. The Labute approximate surface area is 183 Å². The van der Waals surface area contributed by atoms with E-state index in [2.05, 4.69) is 5.32 Å². The van der Waals surface area contributed by atoms with Gasteiger partial charge in [0, 0.05) is 30.3 Å². The average molecular weight is 448 g/mol. The molecule has 0 aromatic heterocycles. The van der Waals surface area contributed by atoms with Crippen molar-refractivity contribution in [1.82, 2.24) is 4.90 Å². The Bertz CT molecular complexity index is 989. The van der Waals surface area contributed by atoms with Crippen LogP contribution in [0.5, 0.6) is 0 Å². The molecule has 4 rings (SSSR count). The quantitative estimate of drug-likeness (QED) is 0.695. The molecule has 2 amide bonds. The van der Waals surface area contributed by atoms with Crippen LogP contribution in [-0.4, -0.2) is 68.0 Å². The molecule has 1 aliphatic carbocycles. The van der Waals surface area contributed by atoms with Gasteiger partial charge in [-0.15, -0.1) is 0 Å². The molecule has 2 aliphatic heterocycles. The number of nitrogens with one attached hydrogen (secondary N) is 1. The molecular weight excluding hydrogens is 419 g/mol. The first-order valence-electron chi connectivity index (χ1n) is 10.7. The van der Waals surface area contributed by atoms with Crippen molar-refractivity contribution in [3.05, 3.63) is 23.8 Å². The predicted molar refractivity (Wildman–Crippen MR) is 118 cm³/mol. The molecule has 168 valence electrons. The topological polar surface area (TPSA) is 102 Å². The summed E-state index contributed by atoms with van der Waals surface area (Å²) in [5.41, 5.74) is 0.321.